The molecular weight excluding hydrogens is 284 g/mol. The van der Waals surface area contributed by atoms with E-state index in [2.05, 4.69) is 43.6 Å². The molecule has 0 radical (unpaired) electrons. The summed E-state index contributed by atoms with van der Waals surface area (Å²) in [7, 11) is 0. The zero-order chi connectivity index (χ0) is 12.5. The molecule has 0 aromatic carbocycles. The molecule has 0 aliphatic rings. The van der Waals surface area contributed by atoms with E-state index in [0.29, 0.717) is 12.3 Å². The fourth-order valence-electron chi connectivity index (χ4n) is 1.28. The third-order valence-electron chi connectivity index (χ3n) is 3.10. The zero-order valence-electron chi connectivity index (χ0n) is 10.6. The van der Waals surface area contributed by atoms with E-state index in [9.17, 15) is 4.79 Å². The first-order chi connectivity index (χ1) is 7.21. The average Bonchev–Trinajstić information content (AvgIpc) is 2.45. The van der Waals surface area contributed by atoms with Crippen LogP contribution in [0.3, 0.4) is 0 Å². The Labute approximate surface area is 110 Å². The molecule has 0 fully saturated rings. The van der Waals surface area contributed by atoms with Crippen molar-refractivity contribution in [3.63, 3.8) is 0 Å². The molecule has 1 rings (SSSR count). The monoisotopic (exact) mass is 302 g/mol. The highest BCUT2D eigenvalue weighted by Crippen LogP contribution is 2.32. The number of hydrogen-bond acceptors (Lipinski definition) is 2. The van der Waals surface area contributed by atoms with Crippen LogP contribution in [-0.4, -0.2) is 5.78 Å². The number of rotatable bonds is 3. The summed E-state index contributed by atoms with van der Waals surface area (Å²) in [6.07, 6.45) is 0.635. The molecule has 0 bridgehead atoms. The third kappa shape index (κ3) is 3.42. The lowest BCUT2D eigenvalue weighted by molar-refractivity contribution is 0.0931. The Kier molecular flexibility index (Phi) is 4.35. The first-order valence-electron chi connectivity index (χ1n) is 5.51. The summed E-state index contributed by atoms with van der Waals surface area (Å²) in [5, 5.41) is 0. The highest BCUT2D eigenvalue weighted by molar-refractivity contribution is 9.10. The van der Waals surface area contributed by atoms with Crippen LogP contribution in [-0.2, 0) is 0 Å². The van der Waals surface area contributed by atoms with Crippen LogP contribution in [0.1, 0.15) is 48.7 Å². The van der Waals surface area contributed by atoms with Gasteiger partial charge in [0.1, 0.15) is 0 Å². The molecule has 0 aliphatic heterocycles. The van der Waals surface area contributed by atoms with Gasteiger partial charge in [-0.3, -0.25) is 4.79 Å². The lowest BCUT2D eigenvalue weighted by atomic mass is 9.79. The van der Waals surface area contributed by atoms with Gasteiger partial charge in [-0.1, -0.05) is 27.7 Å². The van der Waals surface area contributed by atoms with Crippen molar-refractivity contribution in [1.29, 1.82) is 0 Å². The minimum Gasteiger partial charge on any atom is -0.293 e. The fraction of sp³-hybridized carbons (Fsp3) is 0.615. The second kappa shape index (κ2) is 5.01. The van der Waals surface area contributed by atoms with Crippen LogP contribution in [0.5, 0.6) is 0 Å². The number of hydrogen-bond donors (Lipinski definition) is 0. The van der Waals surface area contributed by atoms with Crippen molar-refractivity contribution in [2.24, 2.45) is 11.3 Å². The maximum absolute atomic E-state index is 12.1. The highest BCUT2D eigenvalue weighted by Gasteiger charge is 2.23. The zero-order valence-corrected chi connectivity index (χ0v) is 13.0. The van der Waals surface area contributed by atoms with E-state index in [1.54, 1.807) is 11.3 Å². The quantitative estimate of drug-likeness (QED) is 0.712. The van der Waals surface area contributed by atoms with E-state index in [1.807, 2.05) is 13.0 Å². The van der Waals surface area contributed by atoms with Gasteiger partial charge in [-0.25, -0.2) is 0 Å². The normalized spacial score (nSPS) is 13.9. The minimum atomic E-state index is 0.194. The number of aryl methyl sites for hydroxylation is 1. The van der Waals surface area contributed by atoms with Crippen molar-refractivity contribution in [2.75, 3.05) is 0 Å². The first-order valence-corrected chi connectivity index (χ1v) is 7.12. The Morgan fingerprint density at radius 1 is 1.50 bits per heavy atom. The molecule has 1 aromatic rings. The number of halogens is 1. The average molecular weight is 303 g/mol. The van der Waals surface area contributed by atoms with Gasteiger partial charge in [0.25, 0.3) is 0 Å². The lowest BCUT2D eigenvalue weighted by Crippen LogP contribution is -2.20. The fourth-order valence-corrected chi connectivity index (χ4v) is 2.77. The molecule has 3 heteroatoms. The molecule has 1 atom stereocenters. The van der Waals surface area contributed by atoms with E-state index in [1.165, 1.54) is 4.88 Å². The van der Waals surface area contributed by atoms with Crippen LogP contribution in [0.15, 0.2) is 10.5 Å². The van der Waals surface area contributed by atoms with Gasteiger partial charge in [0.05, 0.1) is 4.88 Å². The molecule has 16 heavy (non-hydrogen) atoms. The molecule has 0 saturated carbocycles. The van der Waals surface area contributed by atoms with E-state index < -0.39 is 0 Å². The Morgan fingerprint density at radius 2 is 2.06 bits per heavy atom. The Hall–Kier alpha value is -0.150. The summed E-state index contributed by atoms with van der Waals surface area (Å²) in [4.78, 5) is 14.1. The highest BCUT2D eigenvalue weighted by atomic mass is 79.9. The van der Waals surface area contributed by atoms with Crippen LogP contribution < -0.4 is 0 Å². The lowest BCUT2D eigenvalue weighted by Gasteiger charge is -2.26. The van der Waals surface area contributed by atoms with Crippen molar-refractivity contribution in [3.8, 4) is 0 Å². The largest absolute Gasteiger partial charge is 0.293 e. The van der Waals surface area contributed by atoms with Crippen molar-refractivity contribution >= 4 is 33.0 Å². The third-order valence-corrected chi connectivity index (χ3v) is 5.28. The number of thiophene rings is 1. The second-order valence-corrected chi connectivity index (χ2v) is 7.52. The van der Waals surface area contributed by atoms with E-state index >= 15 is 0 Å². The van der Waals surface area contributed by atoms with E-state index in [-0.39, 0.29) is 11.2 Å². The molecule has 1 unspecified atom stereocenters. The predicted molar refractivity (Wildman–Crippen MR) is 74.3 cm³/mol. The van der Waals surface area contributed by atoms with Gasteiger partial charge in [-0.2, -0.15) is 0 Å². The molecule has 1 heterocycles. The molecule has 1 nitrogen and oxygen atoms in total. The van der Waals surface area contributed by atoms with Crippen molar-refractivity contribution in [1.82, 2.24) is 0 Å². The van der Waals surface area contributed by atoms with Crippen molar-refractivity contribution in [3.05, 3.63) is 20.3 Å². The number of ketones is 1. The predicted octanol–water partition coefficient (Wildman–Crippen LogP) is 5.07. The number of Topliss-reactive ketones (excluding diaryl/α,β-unsaturated/α-hetero) is 1. The smallest absolute Gasteiger partial charge is 0.173 e. The summed E-state index contributed by atoms with van der Waals surface area (Å²) >= 11 is 5.03. The topological polar surface area (TPSA) is 17.1 Å². The second-order valence-electron chi connectivity index (χ2n) is 5.41. The minimum absolute atomic E-state index is 0.194. The maximum Gasteiger partial charge on any atom is 0.173 e. The van der Waals surface area contributed by atoms with Gasteiger partial charge < -0.3 is 0 Å². The van der Waals surface area contributed by atoms with Crippen LogP contribution in [0, 0.1) is 18.3 Å². The summed E-state index contributed by atoms with van der Waals surface area (Å²) in [5.74, 6) is 0.669. The Balaban J connectivity index is 2.73. The Bertz CT molecular complexity index is 368. The van der Waals surface area contributed by atoms with Gasteiger partial charge in [-0.15, -0.1) is 11.3 Å². The van der Waals surface area contributed by atoms with Gasteiger partial charge in [-0.05, 0) is 40.3 Å². The van der Waals surface area contributed by atoms with E-state index in [0.717, 1.165) is 9.35 Å². The molecular formula is C13H19BrOS. The van der Waals surface area contributed by atoms with Crippen LogP contribution in [0.4, 0.5) is 0 Å². The Morgan fingerprint density at radius 3 is 2.44 bits per heavy atom. The summed E-state index contributed by atoms with van der Waals surface area (Å²) < 4.78 is 1.05. The van der Waals surface area contributed by atoms with Crippen molar-refractivity contribution < 1.29 is 4.79 Å². The van der Waals surface area contributed by atoms with Crippen LogP contribution >= 0.6 is 27.3 Å². The standard InChI is InChI=1S/C13H19BrOS/c1-8(13(3,4)5)6-11(15)12-7-10(14)9(2)16-12/h7-8H,6H2,1-5H3. The van der Waals surface area contributed by atoms with E-state index in [4.69, 9.17) is 0 Å². The SMILES string of the molecule is Cc1sc(C(=O)CC(C)C(C)(C)C)cc1Br. The first kappa shape index (κ1) is 13.9. The van der Waals surface area contributed by atoms with Crippen molar-refractivity contribution in [2.45, 2.75) is 41.0 Å². The summed E-state index contributed by atoms with van der Waals surface area (Å²) in [6, 6.07) is 1.94. The molecule has 0 aliphatic carbocycles. The van der Waals surface area contributed by atoms with Gasteiger partial charge in [0.2, 0.25) is 0 Å². The van der Waals surface area contributed by atoms with Gasteiger partial charge in [0.15, 0.2) is 5.78 Å². The van der Waals surface area contributed by atoms with Crippen LogP contribution in [0.2, 0.25) is 0 Å². The summed E-state index contributed by atoms with van der Waals surface area (Å²) in [5.41, 5.74) is 0.194. The molecule has 0 spiro atoms. The summed E-state index contributed by atoms with van der Waals surface area (Å²) in [6.45, 7) is 10.7. The maximum atomic E-state index is 12.1. The number of carbonyl (C=O) groups is 1. The van der Waals surface area contributed by atoms with Crippen LogP contribution in [0.25, 0.3) is 0 Å². The molecule has 0 saturated heterocycles. The molecule has 0 N–H and O–H groups in total. The number of carbonyl (C=O) groups excluding carboxylic acids is 1. The molecule has 90 valence electrons. The molecule has 0 amide bonds. The molecule has 1 aromatic heterocycles. The van der Waals surface area contributed by atoms with Gasteiger partial charge >= 0.3 is 0 Å². The van der Waals surface area contributed by atoms with Gasteiger partial charge in [0, 0.05) is 15.8 Å².